The Morgan fingerprint density at radius 1 is 1.13 bits per heavy atom. The summed E-state index contributed by atoms with van der Waals surface area (Å²) < 4.78 is 5.97. The number of nitrogens with zero attached hydrogens (tertiary/aromatic N) is 4. The van der Waals surface area contributed by atoms with E-state index in [0.29, 0.717) is 33.2 Å². The number of anilines is 3. The molecule has 0 saturated heterocycles. The van der Waals surface area contributed by atoms with E-state index in [-0.39, 0.29) is 5.82 Å². The molecule has 0 aromatic carbocycles. The minimum absolute atomic E-state index is 0.271. The van der Waals surface area contributed by atoms with Crippen LogP contribution >= 0.6 is 10.5 Å². The smallest absolute Gasteiger partial charge is 0.437 e. The summed E-state index contributed by atoms with van der Waals surface area (Å²) in [5.74, 6) is 1.01. The van der Waals surface area contributed by atoms with Crippen molar-refractivity contribution in [3.8, 4) is 11.6 Å². The molecule has 1 aliphatic heterocycles. The van der Waals surface area contributed by atoms with Gasteiger partial charge in [0.05, 0.1) is 5.69 Å². The van der Waals surface area contributed by atoms with Crippen LogP contribution in [0, 0.1) is 6.92 Å². The van der Waals surface area contributed by atoms with Gasteiger partial charge in [0.25, 0.3) is 4.83 Å². The van der Waals surface area contributed by atoms with Crippen LogP contribution < -0.4 is 15.0 Å². The molecule has 5 heterocycles. The number of nitrogens with one attached hydrogen (secondary N) is 1. The summed E-state index contributed by atoms with van der Waals surface area (Å²) in [4.78, 5) is 39.3. The SMILES string of the molecule is Cc1ccnc(N2C(=O)Nc3c[s+](C(=O)O)c4nccc2c34)c1Oc1ccccn1. The summed E-state index contributed by atoms with van der Waals surface area (Å²) in [6, 6.07) is 8.24. The van der Waals surface area contributed by atoms with Gasteiger partial charge in [0.15, 0.2) is 16.9 Å². The van der Waals surface area contributed by atoms with E-state index < -0.39 is 21.8 Å². The Morgan fingerprint density at radius 2 is 1.97 bits per heavy atom. The summed E-state index contributed by atoms with van der Waals surface area (Å²) >= 11 is 0. The van der Waals surface area contributed by atoms with Gasteiger partial charge in [-0.1, -0.05) is 6.07 Å². The molecule has 2 amide bonds. The third-order valence-electron chi connectivity index (χ3n) is 4.62. The fraction of sp³-hybridized carbons (Fsp3) is 0.0500. The third kappa shape index (κ3) is 2.73. The normalized spacial score (nSPS) is 13.3. The van der Waals surface area contributed by atoms with E-state index in [2.05, 4.69) is 20.3 Å². The van der Waals surface area contributed by atoms with Crippen LogP contribution in [-0.2, 0) is 0 Å². The number of urea groups is 1. The number of hydrogen-bond acceptors (Lipinski definition) is 6. The van der Waals surface area contributed by atoms with Crippen molar-refractivity contribution >= 4 is 49.2 Å². The largest absolute Gasteiger partial charge is 0.554 e. The van der Waals surface area contributed by atoms with Crippen LogP contribution in [0.2, 0.25) is 0 Å². The molecule has 0 radical (unpaired) electrons. The van der Waals surface area contributed by atoms with Crippen molar-refractivity contribution in [2.45, 2.75) is 6.92 Å². The summed E-state index contributed by atoms with van der Waals surface area (Å²) in [6.45, 7) is 1.84. The van der Waals surface area contributed by atoms with Crippen LogP contribution in [-0.4, -0.2) is 31.4 Å². The van der Waals surface area contributed by atoms with Crippen molar-refractivity contribution in [2.75, 3.05) is 10.2 Å². The zero-order valence-corrected chi connectivity index (χ0v) is 16.4. The number of aromatic nitrogens is 3. The summed E-state index contributed by atoms with van der Waals surface area (Å²) in [6.07, 6.45) is 4.68. The van der Waals surface area contributed by atoms with Crippen molar-refractivity contribution in [3.05, 3.63) is 59.9 Å². The van der Waals surface area contributed by atoms with E-state index >= 15 is 0 Å². The molecule has 0 saturated carbocycles. The predicted octanol–water partition coefficient (Wildman–Crippen LogP) is 5.08. The molecule has 9 nitrogen and oxygen atoms in total. The summed E-state index contributed by atoms with van der Waals surface area (Å²) in [7, 11) is -1.24. The quantitative estimate of drug-likeness (QED) is 0.442. The first-order valence-electron chi connectivity index (χ1n) is 8.87. The van der Waals surface area contributed by atoms with Gasteiger partial charge in [-0.2, -0.15) is 4.79 Å². The molecule has 0 bridgehead atoms. The topological polar surface area (TPSA) is 118 Å². The zero-order valence-electron chi connectivity index (χ0n) is 15.6. The molecule has 2 N–H and O–H groups in total. The lowest BCUT2D eigenvalue weighted by Crippen LogP contribution is -2.34. The van der Waals surface area contributed by atoms with Crippen LogP contribution in [0.1, 0.15) is 5.56 Å². The maximum Gasteiger partial charge on any atom is 0.554 e. The summed E-state index contributed by atoms with van der Waals surface area (Å²) in [5, 5.41) is 13.4. The molecule has 1 atom stereocenters. The highest BCUT2D eigenvalue weighted by atomic mass is 32.2. The molecular formula is C20H14N5O4S+. The van der Waals surface area contributed by atoms with Gasteiger partial charge in [0, 0.05) is 24.7 Å². The number of rotatable bonds is 4. The molecule has 4 aromatic rings. The molecule has 5 rings (SSSR count). The molecule has 0 fully saturated rings. The molecule has 0 aliphatic carbocycles. The monoisotopic (exact) mass is 420 g/mol. The second kappa shape index (κ2) is 6.78. The number of thiophene rings is 1. The van der Waals surface area contributed by atoms with E-state index in [1.807, 2.05) is 6.92 Å². The van der Waals surface area contributed by atoms with Crippen LogP contribution in [0.5, 0.6) is 11.6 Å². The van der Waals surface area contributed by atoms with Crippen molar-refractivity contribution in [1.82, 2.24) is 15.0 Å². The Balaban J connectivity index is 1.71. The summed E-state index contributed by atoms with van der Waals surface area (Å²) in [5.41, 5.74) is 1.70. The number of pyridine rings is 3. The molecule has 1 unspecified atom stereocenters. The first-order valence-corrected chi connectivity index (χ1v) is 10.2. The van der Waals surface area contributed by atoms with E-state index in [1.54, 1.807) is 42.7 Å². The van der Waals surface area contributed by atoms with Crippen LogP contribution in [0.3, 0.4) is 0 Å². The fourth-order valence-corrected chi connectivity index (χ4v) is 4.71. The van der Waals surface area contributed by atoms with Gasteiger partial charge in [-0.25, -0.2) is 24.6 Å². The number of hydrogen-bond donors (Lipinski definition) is 2. The number of carboxylic acid groups (broad SMARTS) is 1. The van der Waals surface area contributed by atoms with E-state index in [9.17, 15) is 14.7 Å². The molecule has 30 heavy (non-hydrogen) atoms. The molecule has 0 spiro atoms. The van der Waals surface area contributed by atoms with Gasteiger partial charge in [0.2, 0.25) is 5.88 Å². The van der Waals surface area contributed by atoms with Gasteiger partial charge in [0.1, 0.15) is 21.5 Å². The average molecular weight is 420 g/mol. The fourth-order valence-electron chi connectivity index (χ4n) is 3.32. The lowest BCUT2D eigenvalue weighted by Gasteiger charge is -2.27. The first kappa shape index (κ1) is 18.0. The lowest BCUT2D eigenvalue weighted by atomic mass is 10.2. The van der Waals surface area contributed by atoms with Gasteiger partial charge in [-0.05, 0) is 30.7 Å². The minimum Gasteiger partial charge on any atom is -0.437 e. The second-order valence-corrected chi connectivity index (χ2v) is 8.11. The Morgan fingerprint density at radius 3 is 2.73 bits per heavy atom. The van der Waals surface area contributed by atoms with Crippen LogP contribution in [0.4, 0.5) is 26.8 Å². The van der Waals surface area contributed by atoms with Gasteiger partial charge in [-0.15, -0.1) is 0 Å². The minimum atomic E-state index is -1.24. The van der Waals surface area contributed by atoms with E-state index in [4.69, 9.17) is 4.74 Å². The molecule has 1 aliphatic rings. The van der Waals surface area contributed by atoms with Crippen molar-refractivity contribution < 1.29 is 19.4 Å². The third-order valence-corrected chi connectivity index (χ3v) is 6.19. The van der Waals surface area contributed by atoms with Gasteiger partial charge in [-0.3, -0.25) is 0 Å². The number of carbonyl (C=O) groups is 2. The zero-order chi connectivity index (χ0) is 20.8. The Hall–Kier alpha value is -4.05. The maximum absolute atomic E-state index is 13.0. The maximum atomic E-state index is 13.0. The Labute approximate surface area is 172 Å². The van der Waals surface area contributed by atoms with E-state index in [0.717, 1.165) is 5.56 Å². The number of aryl methyl sites for hydroxylation is 1. The van der Waals surface area contributed by atoms with Crippen molar-refractivity contribution in [1.29, 1.82) is 0 Å². The highest BCUT2D eigenvalue weighted by Crippen LogP contribution is 2.48. The highest BCUT2D eigenvalue weighted by Gasteiger charge is 2.38. The molecular weight excluding hydrogens is 406 g/mol. The van der Waals surface area contributed by atoms with Crippen molar-refractivity contribution in [2.24, 2.45) is 0 Å². The average Bonchev–Trinajstić information content (AvgIpc) is 3.11. The highest BCUT2D eigenvalue weighted by molar-refractivity contribution is 7.54. The number of ether oxygens (including phenoxy) is 1. The number of carbonyl (C=O) groups excluding carboxylic acids is 1. The van der Waals surface area contributed by atoms with E-state index in [1.165, 1.54) is 16.5 Å². The molecule has 148 valence electrons. The Kier molecular flexibility index (Phi) is 4.07. The van der Waals surface area contributed by atoms with Crippen molar-refractivity contribution in [3.63, 3.8) is 0 Å². The molecule has 4 aromatic heterocycles. The van der Waals surface area contributed by atoms with Gasteiger partial charge < -0.3 is 15.2 Å². The van der Waals surface area contributed by atoms with Crippen LogP contribution in [0.15, 0.2) is 54.3 Å². The standard InChI is InChI=1S/C20H13N5O4S/c1-11-5-8-22-17(16(11)29-14-4-2-3-7-21-14)25-13-6-9-23-18-15(13)12(24-19(25)26)10-30(18)20(27)28/h2-10H,1H3,(H-,24,26,27,28)/p+1. The van der Waals surface area contributed by atoms with Crippen LogP contribution in [0.25, 0.3) is 10.2 Å². The lowest BCUT2D eigenvalue weighted by molar-refractivity contribution is 0.221. The Bertz CT molecular complexity index is 1320. The first-order chi connectivity index (χ1) is 14.5. The number of amides is 2. The van der Waals surface area contributed by atoms with Gasteiger partial charge >= 0.3 is 11.3 Å². The second-order valence-electron chi connectivity index (χ2n) is 6.46. The predicted molar refractivity (Wildman–Crippen MR) is 112 cm³/mol. The molecule has 10 heteroatoms.